The van der Waals surface area contributed by atoms with Crippen LogP contribution in [0.25, 0.3) is 16.6 Å². The van der Waals surface area contributed by atoms with Crippen LogP contribution in [0.15, 0.2) is 36.7 Å². The van der Waals surface area contributed by atoms with E-state index in [1.54, 1.807) is 10.9 Å². The number of pyridine rings is 1. The third kappa shape index (κ3) is 1.84. The SMILES string of the molecule is Cc1cnc(C)c(-n2cc3ccccc3n2)c1C(N)=O. The standard InChI is InChI=1S/C15H14N4O/c1-9-7-17-10(2)14(13(9)15(16)20)19-8-11-5-3-4-6-12(11)18-19/h3-8H,1-2H3,(H2,16,20). The lowest BCUT2D eigenvalue weighted by molar-refractivity contribution is 0.0999. The van der Waals surface area contributed by atoms with Gasteiger partial charge in [-0.15, -0.1) is 0 Å². The predicted octanol–water partition coefficient (Wildman–Crippen LogP) is 2.14. The van der Waals surface area contributed by atoms with Crippen LogP contribution in [0.1, 0.15) is 21.6 Å². The Labute approximate surface area is 116 Å². The molecule has 3 rings (SSSR count). The molecule has 3 aromatic rings. The summed E-state index contributed by atoms with van der Waals surface area (Å²) in [5.74, 6) is -0.470. The summed E-state index contributed by atoms with van der Waals surface area (Å²) in [6.45, 7) is 3.66. The lowest BCUT2D eigenvalue weighted by Gasteiger charge is -2.11. The van der Waals surface area contributed by atoms with Crippen LogP contribution in [0.3, 0.4) is 0 Å². The summed E-state index contributed by atoms with van der Waals surface area (Å²) in [6.07, 6.45) is 3.54. The van der Waals surface area contributed by atoms with E-state index in [0.29, 0.717) is 11.3 Å². The number of amides is 1. The van der Waals surface area contributed by atoms with E-state index in [-0.39, 0.29) is 0 Å². The first-order valence-corrected chi connectivity index (χ1v) is 6.28. The molecule has 20 heavy (non-hydrogen) atoms. The molecule has 0 bridgehead atoms. The summed E-state index contributed by atoms with van der Waals surface area (Å²) >= 11 is 0. The van der Waals surface area contributed by atoms with Gasteiger partial charge in [0.2, 0.25) is 0 Å². The number of carbonyl (C=O) groups is 1. The number of hydrogen-bond acceptors (Lipinski definition) is 3. The molecule has 100 valence electrons. The summed E-state index contributed by atoms with van der Waals surface area (Å²) < 4.78 is 1.68. The van der Waals surface area contributed by atoms with Crippen LogP contribution in [-0.2, 0) is 0 Å². The van der Waals surface area contributed by atoms with Gasteiger partial charge in [0.25, 0.3) is 5.91 Å². The van der Waals surface area contributed by atoms with E-state index < -0.39 is 5.91 Å². The topological polar surface area (TPSA) is 73.8 Å². The normalized spacial score (nSPS) is 10.9. The Morgan fingerprint density at radius 3 is 2.70 bits per heavy atom. The fourth-order valence-electron chi connectivity index (χ4n) is 2.36. The van der Waals surface area contributed by atoms with Crippen molar-refractivity contribution in [1.82, 2.24) is 14.8 Å². The van der Waals surface area contributed by atoms with Crippen LogP contribution in [0.5, 0.6) is 0 Å². The third-order valence-corrected chi connectivity index (χ3v) is 3.31. The molecule has 0 aliphatic carbocycles. The summed E-state index contributed by atoms with van der Waals surface area (Å²) in [5.41, 5.74) is 8.95. The van der Waals surface area contributed by atoms with Crippen molar-refractivity contribution in [2.24, 2.45) is 5.73 Å². The van der Waals surface area contributed by atoms with Crippen LogP contribution in [0, 0.1) is 13.8 Å². The first-order chi connectivity index (χ1) is 9.58. The quantitative estimate of drug-likeness (QED) is 0.772. The monoisotopic (exact) mass is 266 g/mol. The van der Waals surface area contributed by atoms with Crippen molar-refractivity contribution in [3.05, 3.63) is 53.5 Å². The van der Waals surface area contributed by atoms with Gasteiger partial charge in [0.15, 0.2) is 0 Å². The smallest absolute Gasteiger partial charge is 0.251 e. The molecule has 1 amide bonds. The van der Waals surface area contributed by atoms with Crippen molar-refractivity contribution < 1.29 is 4.79 Å². The van der Waals surface area contributed by atoms with Gasteiger partial charge in [-0.25, -0.2) is 4.68 Å². The second-order valence-corrected chi connectivity index (χ2v) is 4.75. The molecule has 0 fully saturated rings. The van der Waals surface area contributed by atoms with Crippen molar-refractivity contribution in [1.29, 1.82) is 0 Å². The van der Waals surface area contributed by atoms with Gasteiger partial charge in [0, 0.05) is 17.8 Å². The van der Waals surface area contributed by atoms with Crippen LogP contribution in [0.2, 0.25) is 0 Å². The number of rotatable bonds is 2. The van der Waals surface area contributed by atoms with E-state index in [9.17, 15) is 4.79 Å². The highest BCUT2D eigenvalue weighted by molar-refractivity contribution is 5.98. The molecule has 5 nitrogen and oxygen atoms in total. The average Bonchev–Trinajstić information content (AvgIpc) is 2.83. The van der Waals surface area contributed by atoms with Gasteiger partial charge in [-0.05, 0) is 25.5 Å². The number of aromatic nitrogens is 3. The van der Waals surface area contributed by atoms with Gasteiger partial charge in [-0.3, -0.25) is 9.78 Å². The maximum atomic E-state index is 11.7. The molecule has 0 radical (unpaired) electrons. The Kier molecular flexibility index (Phi) is 2.75. The minimum Gasteiger partial charge on any atom is -0.366 e. The minimum absolute atomic E-state index is 0.463. The second-order valence-electron chi connectivity index (χ2n) is 4.75. The maximum absolute atomic E-state index is 11.7. The molecular weight excluding hydrogens is 252 g/mol. The summed E-state index contributed by atoms with van der Waals surface area (Å²) in [5, 5.41) is 5.50. The number of benzene rings is 1. The number of primary amides is 1. The molecule has 0 spiro atoms. The van der Waals surface area contributed by atoms with Crippen LogP contribution >= 0.6 is 0 Å². The Hall–Kier alpha value is -2.69. The van der Waals surface area contributed by atoms with Gasteiger partial charge in [-0.1, -0.05) is 18.2 Å². The summed E-state index contributed by atoms with van der Waals surface area (Å²) in [6, 6.07) is 7.77. The highest BCUT2D eigenvalue weighted by Crippen LogP contribution is 2.22. The Morgan fingerprint density at radius 2 is 2.00 bits per heavy atom. The van der Waals surface area contributed by atoms with Gasteiger partial charge < -0.3 is 5.73 Å². The zero-order valence-electron chi connectivity index (χ0n) is 11.3. The van der Waals surface area contributed by atoms with Crippen molar-refractivity contribution in [3.8, 4) is 5.69 Å². The van der Waals surface area contributed by atoms with Gasteiger partial charge >= 0.3 is 0 Å². The minimum atomic E-state index is -0.470. The molecule has 5 heteroatoms. The molecule has 0 saturated heterocycles. The molecule has 0 aliphatic heterocycles. The zero-order chi connectivity index (χ0) is 14.3. The molecule has 0 unspecified atom stereocenters. The average molecular weight is 266 g/mol. The molecule has 0 atom stereocenters. The van der Waals surface area contributed by atoms with E-state index in [2.05, 4.69) is 10.1 Å². The van der Waals surface area contributed by atoms with Gasteiger partial charge in [0.05, 0.1) is 22.5 Å². The fourth-order valence-corrected chi connectivity index (χ4v) is 2.36. The predicted molar refractivity (Wildman–Crippen MR) is 76.9 cm³/mol. The largest absolute Gasteiger partial charge is 0.366 e. The molecule has 2 aromatic heterocycles. The number of fused-ring (bicyclic) bond motifs is 1. The zero-order valence-corrected chi connectivity index (χ0v) is 11.3. The Bertz CT molecular complexity index is 787. The van der Waals surface area contributed by atoms with Crippen LogP contribution in [-0.4, -0.2) is 20.7 Å². The van der Waals surface area contributed by atoms with E-state index in [0.717, 1.165) is 22.2 Å². The maximum Gasteiger partial charge on any atom is 0.251 e. The molecule has 2 N–H and O–H groups in total. The van der Waals surface area contributed by atoms with Gasteiger partial charge in [0.1, 0.15) is 0 Å². The van der Waals surface area contributed by atoms with Crippen molar-refractivity contribution >= 4 is 16.8 Å². The summed E-state index contributed by atoms with van der Waals surface area (Å²) in [4.78, 5) is 16.0. The van der Waals surface area contributed by atoms with Crippen molar-refractivity contribution in [3.63, 3.8) is 0 Å². The molecular formula is C15H14N4O. The Balaban J connectivity index is 2.33. The Morgan fingerprint density at radius 1 is 1.25 bits per heavy atom. The molecule has 2 heterocycles. The molecule has 0 saturated carbocycles. The summed E-state index contributed by atoms with van der Waals surface area (Å²) in [7, 11) is 0. The number of nitrogens with zero attached hydrogens (tertiary/aromatic N) is 3. The van der Waals surface area contributed by atoms with Crippen molar-refractivity contribution in [2.45, 2.75) is 13.8 Å². The van der Waals surface area contributed by atoms with E-state index in [4.69, 9.17) is 5.73 Å². The number of hydrogen-bond donors (Lipinski definition) is 1. The van der Waals surface area contributed by atoms with Gasteiger partial charge in [-0.2, -0.15) is 5.10 Å². The highest BCUT2D eigenvalue weighted by Gasteiger charge is 2.17. The van der Waals surface area contributed by atoms with Crippen LogP contribution in [0.4, 0.5) is 0 Å². The van der Waals surface area contributed by atoms with E-state index in [1.165, 1.54) is 0 Å². The lowest BCUT2D eigenvalue weighted by atomic mass is 10.1. The highest BCUT2D eigenvalue weighted by atomic mass is 16.1. The molecule has 1 aromatic carbocycles. The second kappa shape index (κ2) is 4.45. The molecule has 0 aliphatic rings. The van der Waals surface area contributed by atoms with E-state index >= 15 is 0 Å². The fraction of sp³-hybridized carbons (Fsp3) is 0.133. The third-order valence-electron chi connectivity index (χ3n) is 3.31. The van der Waals surface area contributed by atoms with Crippen LogP contribution < -0.4 is 5.73 Å². The first-order valence-electron chi connectivity index (χ1n) is 6.28. The van der Waals surface area contributed by atoms with Crippen molar-refractivity contribution in [2.75, 3.05) is 0 Å². The number of carbonyl (C=O) groups excluding carboxylic acids is 1. The lowest BCUT2D eigenvalue weighted by Crippen LogP contribution is -2.18. The number of aryl methyl sites for hydroxylation is 2. The number of nitrogens with two attached hydrogens (primary N) is 1. The first kappa shape index (κ1) is 12.3. The van der Waals surface area contributed by atoms with E-state index in [1.807, 2.05) is 44.3 Å².